The molecule has 0 heterocycles. The van der Waals surface area contributed by atoms with Gasteiger partial charge in [0.1, 0.15) is 0 Å². The molecular weight excluding hydrogens is 142 g/mol. The molecule has 0 rings (SSSR count). The highest BCUT2D eigenvalue weighted by atomic mass is 16.6. The highest BCUT2D eigenvalue weighted by Crippen LogP contribution is 2.19. The fourth-order valence-corrected chi connectivity index (χ4v) is 0.700. The molecule has 11 heavy (non-hydrogen) atoms. The largest absolute Gasteiger partial charge is 0.264 e. The number of rotatable bonds is 3. The standard InChI is InChI=1S/C8H15NO2/c1-5-6-7(2)8(3,4)9(10)11/h6H,5H2,1-4H3/b7-6+. The van der Waals surface area contributed by atoms with Crippen LogP contribution in [0, 0.1) is 10.1 Å². The number of nitro groups is 1. The van der Waals surface area contributed by atoms with Gasteiger partial charge >= 0.3 is 0 Å². The second-order valence-electron chi connectivity index (χ2n) is 3.11. The van der Waals surface area contributed by atoms with Gasteiger partial charge in [0.2, 0.25) is 5.54 Å². The minimum absolute atomic E-state index is 0.255. The van der Waals surface area contributed by atoms with E-state index in [4.69, 9.17) is 0 Å². The molecule has 0 aliphatic heterocycles. The van der Waals surface area contributed by atoms with Crippen molar-refractivity contribution >= 4 is 0 Å². The Morgan fingerprint density at radius 3 is 2.36 bits per heavy atom. The maximum atomic E-state index is 10.5. The van der Waals surface area contributed by atoms with Crippen molar-refractivity contribution in [3.05, 3.63) is 21.8 Å². The predicted molar refractivity (Wildman–Crippen MR) is 45.1 cm³/mol. The van der Waals surface area contributed by atoms with E-state index in [2.05, 4.69) is 0 Å². The molecule has 0 saturated heterocycles. The first kappa shape index (κ1) is 10.1. The summed E-state index contributed by atoms with van der Waals surface area (Å²) in [6.07, 6.45) is 2.74. The van der Waals surface area contributed by atoms with E-state index in [1.807, 2.05) is 13.0 Å². The van der Waals surface area contributed by atoms with E-state index >= 15 is 0 Å². The van der Waals surface area contributed by atoms with E-state index < -0.39 is 5.54 Å². The van der Waals surface area contributed by atoms with Gasteiger partial charge in [-0.1, -0.05) is 13.0 Å². The molecule has 3 nitrogen and oxygen atoms in total. The Balaban J connectivity index is 4.55. The average Bonchev–Trinajstić information content (AvgIpc) is 1.88. The van der Waals surface area contributed by atoms with Gasteiger partial charge in [-0.25, -0.2) is 0 Å². The van der Waals surface area contributed by atoms with Gasteiger partial charge in [-0.05, 0) is 18.9 Å². The Bertz CT molecular complexity index is 183. The summed E-state index contributed by atoms with van der Waals surface area (Å²) in [5, 5.41) is 10.5. The van der Waals surface area contributed by atoms with E-state index in [1.54, 1.807) is 20.8 Å². The number of allylic oxidation sites excluding steroid dienone is 1. The highest BCUT2D eigenvalue weighted by molar-refractivity contribution is 5.10. The summed E-state index contributed by atoms with van der Waals surface area (Å²) in [6, 6.07) is 0. The van der Waals surface area contributed by atoms with Crippen molar-refractivity contribution in [2.24, 2.45) is 0 Å². The SMILES string of the molecule is CC/C=C(\C)C(C)(C)[N+](=O)[O-]. The summed E-state index contributed by atoms with van der Waals surface area (Å²) in [6.45, 7) is 7.01. The van der Waals surface area contributed by atoms with Gasteiger partial charge in [-0.15, -0.1) is 0 Å². The molecule has 0 aliphatic carbocycles. The van der Waals surface area contributed by atoms with Crippen LogP contribution in [0.15, 0.2) is 11.6 Å². The Labute approximate surface area is 67.3 Å². The molecule has 0 bridgehead atoms. The molecule has 0 spiro atoms. The van der Waals surface area contributed by atoms with Crippen molar-refractivity contribution in [2.45, 2.75) is 39.7 Å². The third-order valence-corrected chi connectivity index (χ3v) is 1.93. The summed E-state index contributed by atoms with van der Waals surface area (Å²) in [4.78, 5) is 10.2. The molecule has 0 fully saturated rings. The van der Waals surface area contributed by atoms with Crippen LogP contribution in [0.4, 0.5) is 0 Å². The summed E-state index contributed by atoms with van der Waals surface area (Å²) in [5.74, 6) is 0. The Morgan fingerprint density at radius 2 is 2.09 bits per heavy atom. The van der Waals surface area contributed by atoms with E-state index in [9.17, 15) is 10.1 Å². The molecule has 64 valence electrons. The van der Waals surface area contributed by atoms with E-state index in [0.717, 1.165) is 12.0 Å². The van der Waals surface area contributed by atoms with Crippen LogP contribution in [-0.2, 0) is 0 Å². The van der Waals surface area contributed by atoms with Gasteiger partial charge in [-0.3, -0.25) is 10.1 Å². The zero-order chi connectivity index (χ0) is 9.07. The maximum Gasteiger partial charge on any atom is 0.237 e. The normalized spacial score (nSPS) is 13.3. The smallest absolute Gasteiger partial charge is 0.237 e. The van der Waals surface area contributed by atoms with Crippen LogP contribution >= 0.6 is 0 Å². The summed E-state index contributed by atoms with van der Waals surface area (Å²) >= 11 is 0. The summed E-state index contributed by atoms with van der Waals surface area (Å²) < 4.78 is 0. The quantitative estimate of drug-likeness (QED) is 0.358. The van der Waals surface area contributed by atoms with Gasteiger partial charge in [-0.2, -0.15) is 0 Å². The number of hydrogen-bond acceptors (Lipinski definition) is 2. The van der Waals surface area contributed by atoms with Crippen LogP contribution in [0.3, 0.4) is 0 Å². The molecule has 0 atom stereocenters. The zero-order valence-electron chi connectivity index (χ0n) is 7.55. The Morgan fingerprint density at radius 1 is 1.64 bits per heavy atom. The molecular formula is C8H15NO2. The van der Waals surface area contributed by atoms with E-state index in [-0.39, 0.29) is 4.92 Å². The van der Waals surface area contributed by atoms with Crippen molar-refractivity contribution in [3.8, 4) is 0 Å². The summed E-state index contributed by atoms with van der Waals surface area (Å²) in [7, 11) is 0. The Kier molecular flexibility index (Phi) is 3.23. The monoisotopic (exact) mass is 157 g/mol. The van der Waals surface area contributed by atoms with E-state index in [1.165, 1.54) is 0 Å². The minimum atomic E-state index is -0.907. The molecule has 0 unspecified atom stereocenters. The maximum absolute atomic E-state index is 10.5. The average molecular weight is 157 g/mol. The topological polar surface area (TPSA) is 43.1 Å². The lowest BCUT2D eigenvalue weighted by atomic mass is 9.96. The molecule has 0 amide bonds. The first-order valence-electron chi connectivity index (χ1n) is 3.74. The van der Waals surface area contributed by atoms with Crippen molar-refractivity contribution in [1.82, 2.24) is 0 Å². The van der Waals surface area contributed by atoms with Gasteiger partial charge in [0.05, 0.1) is 0 Å². The van der Waals surface area contributed by atoms with Crippen LogP contribution in [-0.4, -0.2) is 10.5 Å². The third kappa shape index (κ3) is 2.33. The van der Waals surface area contributed by atoms with Crippen molar-refractivity contribution in [3.63, 3.8) is 0 Å². The minimum Gasteiger partial charge on any atom is -0.264 e. The predicted octanol–water partition coefficient (Wildman–Crippen LogP) is 2.40. The number of nitrogens with zero attached hydrogens (tertiary/aromatic N) is 1. The van der Waals surface area contributed by atoms with Crippen LogP contribution < -0.4 is 0 Å². The first-order chi connectivity index (χ1) is 4.92. The van der Waals surface area contributed by atoms with E-state index in [0.29, 0.717) is 0 Å². The van der Waals surface area contributed by atoms with Crippen LogP contribution in [0.1, 0.15) is 34.1 Å². The van der Waals surface area contributed by atoms with Crippen LogP contribution in [0.2, 0.25) is 0 Å². The molecule has 0 radical (unpaired) electrons. The second kappa shape index (κ2) is 3.51. The molecule has 3 heteroatoms. The fraction of sp³-hybridized carbons (Fsp3) is 0.750. The lowest BCUT2D eigenvalue weighted by Crippen LogP contribution is -2.32. The second-order valence-corrected chi connectivity index (χ2v) is 3.11. The van der Waals surface area contributed by atoms with Crippen molar-refractivity contribution in [1.29, 1.82) is 0 Å². The van der Waals surface area contributed by atoms with Crippen molar-refractivity contribution in [2.75, 3.05) is 0 Å². The van der Waals surface area contributed by atoms with Crippen LogP contribution in [0.25, 0.3) is 0 Å². The lowest BCUT2D eigenvalue weighted by Gasteiger charge is -2.15. The van der Waals surface area contributed by atoms with Crippen LogP contribution in [0.5, 0.6) is 0 Å². The molecule has 0 saturated carbocycles. The molecule has 0 aromatic heterocycles. The van der Waals surface area contributed by atoms with Gasteiger partial charge in [0.15, 0.2) is 0 Å². The fourth-order valence-electron chi connectivity index (χ4n) is 0.700. The summed E-state index contributed by atoms with van der Waals surface area (Å²) in [5.41, 5.74) is -0.0827. The van der Waals surface area contributed by atoms with Crippen molar-refractivity contribution < 1.29 is 4.92 Å². The molecule has 0 N–H and O–H groups in total. The highest BCUT2D eigenvalue weighted by Gasteiger charge is 2.32. The molecule has 0 aromatic rings. The van der Waals surface area contributed by atoms with Gasteiger partial charge in [0, 0.05) is 18.8 Å². The van der Waals surface area contributed by atoms with Gasteiger partial charge in [0.25, 0.3) is 0 Å². The Hall–Kier alpha value is -0.860. The molecule has 0 aromatic carbocycles. The number of hydrogen-bond donors (Lipinski definition) is 0. The zero-order valence-corrected chi connectivity index (χ0v) is 7.55. The lowest BCUT2D eigenvalue weighted by molar-refractivity contribution is -0.548. The van der Waals surface area contributed by atoms with Gasteiger partial charge < -0.3 is 0 Å². The third-order valence-electron chi connectivity index (χ3n) is 1.93. The molecule has 0 aliphatic rings. The first-order valence-corrected chi connectivity index (χ1v) is 3.74.